The van der Waals surface area contributed by atoms with Gasteiger partial charge in [0.2, 0.25) is 0 Å². The quantitative estimate of drug-likeness (QED) is 0.411. The van der Waals surface area contributed by atoms with E-state index in [0.717, 1.165) is 15.6 Å². The SMILES string of the molecule is CSc1cc[se]c1C=O. The van der Waals surface area contributed by atoms with Gasteiger partial charge in [0.15, 0.2) is 0 Å². The fraction of sp³-hybridized carbons (Fsp3) is 0.167. The Balaban J connectivity index is 2.98. The molecular weight excluding hydrogens is 199 g/mol. The Labute approximate surface area is 64.2 Å². The molecule has 3 heteroatoms. The summed E-state index contributed by atoms with van der Waals surface area (Å²) in [5.74, 6) is 0. The summed E-state index contributed by atoms with van der Waals surface area (Å²) in [5, 5.41) is 0. The zero-order valence-electron chi connectivity index (χ0n) is 4.96. The van der Waals surface area contributed by atoms with E-state index in [1.54, 1.807) is 11.8 Å². The average molecular weight is 205 g/mol. The summed E-state index contributed by atoms with van der Waals surface area (Å²) in [4.78, 5) is 13.5. The number of carbonyl (C=O) groups excluding carboxylic acids is 1. The van der Waals surface area contributed by atoms with Crippen LogP contribution in [0.2, 0.25) is 0 Å². The molecule has 0 saturated carbocycles. The predicted octanol–water partition coefficient (Wildman–Crippen LogP) is 1.28. The first-order valence-corrected chi connectivity index (χ1v) is 5.52. The molecular formula is C6H6OSSe. The van der Waals surface area contributed by atoms with Gasteiger partial charge in [-0.05, 0) is 0 Å². The number of thioether (sulfide) groups is 1. The Morgan fingerprint density at radius 2 is 2.56 bits per heavy atom. The van der Waals surface area contributed by atoms with Crippen molar-refractivity contribution in [2.45, 2.75) is 4.90 Å². The van der Waals surface area contributed by atoms with Crippen molar-refractivity contribution in [1.82, 2.24) is 0 Å². The Hall–Kier alpha value is 0.0195. The van der Waals surface area contributed by atoms with Gasteiger partial charge in [0.05, 0.1) is 0 Å². The first-order chi connectivity index (χ1) is 4.38. The normalized spacial score (nSPS) is 9.44. The van der Waals surface area contributed by atoms with Crippen LogP contribution in [0.15, 0.2) is 15.9 Å². The van der Waals surface area contributed by atoms with Crippen LogP contribution < -0.4 is 0 Å². The van der Waals surface area contributed by atoms with Crippen molar-refractivity contribution in [3.8, 4) is 0 Å². The second-order valence-electron chi connectivity index (χ2n) is 1.47. The zero-order chi connectivity index (χ0) is 6.69. The van der Waals surface area contributed by atoms with E-state index < -0.39 is 0 Å². The van der Waals surface area contributed by atoms with Gasteiger partial charge < -0.3 is 0 Å². The molecule has 1 heterocycles. The average Bonchev–Trinajstić information content (AvgIpc) is 2.33. The number of hydrogen-bond donors (Lipinski definition) is 0. The summed E-state index contributed by atoms with van der Waals surface area (Å²) in [6.07, 6.45) is 2.95. The van der Waals surface area contributed by atoms with Gasteiger partial charge in [-0.1, -0.05) is 0 Å². The van der Waals surface area contributed by atoms with E-state index in [1.165, 1.54) is 0 Å². The van der Waals surface area contributed by atoms with Gasteiger partial charge in [0.1, 0.15) is 0 Å². The molecule has 0 amide bonds. The molecule has 48 valence electrons. The molecule has 0 atom stereocenters. The van der Waals surface area contributed by atoms with Crippen molar-refractivity contribution in [3.05, 3.63) is 15.4 Å². The summed E-state index contributed by atoms with van der Waals surface area (Å²) < 4.78 is 0.981. The van der Waals surface area contributed by atoms with E-state index >= 15 is 0 Å². The van der Waals surface area contributed by atoms with Gasteiger partial charge in [-0.25, -0.2) is 0 Å². The Morgan fingerprint density at radius 3 is 3.00 bits per heavy atom. The molecule has 1 aromatic heterocycles. The van der Waals surface area contributed by atoms with Crippen molar-refractivity contribution < 1.29 is 4.79 Å². The monoisotopic (exact) mass is 206 g/mol. The van der Waals surface area contributed by atoms with Gasteiger partial charge in [-0.2, -0.15) is 0 Å². The topological polar surface area (TPSA) is 17.1 Å². The summed E-state index contributed by atoms with van der Waals surface area (Å²) in [6, 6.07) is 2.02. The van der Waals surface area contributed by atoms with Gasteiger partial charge in [0.25, 0.3) is 0 Å². The summed E-state index contributed by atoms with van der Waals surface area (Å²) in [5.41, 5.74) is 0. The molecule has 0 unspecified atom stereocenters. The Kier molecular flexibility index (Phi) is 2.58. The number of rotatable bonds is 2. The van der Waals surface area contributed by atoms with Gasteiger partial charge in [-0.3, -0.25) is 0 Å². The van der Waals surface area contributed by atoms with E-state index in [4.69, 9.17) is 0 Å². The van der Waals surface area contributed by atoms with Crippen molar-refractivity contribution >= 4 is 32.6 Å². The molecule has 9 heavy (non-hydrogen) atoms. The molecule has 0 radical (unpaired) electrons. The minimum absolute atomic E-state index is 0.320. The Morgan fingerprint density at radius 1 is 1.78 bits per heavy atom. The van der Waals surface area contributed by atoms with Crippen LogP contribution in [0.4, 0.5) is 0 Å². The molecule has 0 saturated heterocycles. The molecule has 0 fully saturated rings. The van der Waals surface area contributed by atoms with Crippen molar-refractivity contribution in [1.29, 1.82) is 0 Å². The van der Waals surface area contributed by atoms with Crippen molar-refractivity contribution in [2.24, 2.45) is 0 Å². The first-order valence-electron chi connectivity index (χ1n) is 2.45. The van der Waals surface area contributed by atoms with Crippen LogP contribution in [-0.2, 0) is 0 Å². The number of carbonyl (C=O) groups is 1. The van der Waals surface area contributed by atoms with E-state index in [9.17, 15) is 4.79 Å². The summed E-state index contributed by atoms with van der Waals surface area (Å²) in [6.45, 7) is 0. The maximum atomic E-state index is 10.3. The van der Waals surface area contributed by atoms with Gasteiger partial charge in [-0.15, -0.1) is 0 Å². The third-order valence-corrected chi connectivity index (χ3v) is 3.84. The fourth-order valence-corrected chi connectivity index (χ4v) is 3.23. The molecule has 1 aromatic rings. The van der Waals surface area contributed by atoms with E-state index in [1.807, 2.05) is 12.3 Å². The standard InChI is InChI=1S/C6H6OSSe/c1-8-5-2-3-9-6(5)4-7/h2-4H,1H3. The number of hydrogen-bond acceptors (Lipinski definition) is 2. The van der Waals surface area contributed by atoms with Crippen LogP contribution in [0.3, 0.4) is 0 Å². The molecule has 1 rings (SSSR count). The molecule has 0 aromatic carbocycles. The van der Waals surface area contributed by atoms with Crippen LogP contribution in [-0.4, -0.2) is 27.0 Å². The zero-order valence-corrected chi connectivity index (χ0v) is 7.49. The molecule has 0 N–H and O–H groups in total. The fourth-order valence-electron chi connectivity index (χ4n) is 0.564. The second-order valence-corrected chi connectivity index (χ2v) is 4.31. The summed E-state index contributed by atoms with van der Waals surface area (Å²) in [7, 11) is 0. The third kappa shape index (κ3) is 1.48. The predicted molar refractivity (Wildman–Crippen MR) is 40.6 cm³/mol. The van der Waals surface area contributed by atoms with Gasteiger partial charge >= 0.3 is 63.9 Å². The second kappa shape index (κ2) is 3.25. The van der Waals surface area contributed by atoms with Crippen LogP contribution >= 0.6 is 11.8 Å². The Bertz CT molecular complexity index is 207. The van der Waals surface area contributed by atoms with E-state index in [2.05, 4.69) is 4.94 Å². The molecule has 0 spiro atoms. The van der Waals surface area contributed by atoms with Crippen LogP contribution in [0.5, 0.6) is 0 Å². The molecule has 0 aliphatic rings. The van der Waals surface area contributed by atoms with Crippen LogP contribution in [0.25, 0.3) is 0 Å². The van der Waals surface area contributed by atoms with Crippen LogP contribution in [0.1, 0.15) is 9.23 Å². The summed E-state index contributed by atoms with van der Waals surface area (Å²) >= 11 is 1.96. The molecule has 0 aliphatic heterocycles. The van der Waals surface area contributed by atoms with E-state index in [-0.39, 0.29) is 0 Å². The third-order valence-electron chi connectivity index (χ3n) is 0.984. The van der Waals surface area contributed by atoms with Crippen LogP contribution in [0, 0.1) is 0 Å². The van der Waals surface area contributed by atoms with Gasteiger partial charge in [0, 0.05) is 0 Å². The first kappa shape index (κ1) is 7.13. The van der Waals surface area contributed by atoms with Crippen molar-refractivity contribution in [2.75, 3.05) is 6.26 Å². The molecule has 0 bridgehead atoms. The van der Waals surface area contributed by atoms with Crippen molar-refractivity contribution in [3.63, 3.8) is 0 Å². The molecule has 1 nitrogen and oxygen atoms in total. The van der Waals surface area contributed by atoms with E-state index in [0.29, 0.717) is 14.5 Å². The maximum absolute atomic E-state index is 10.3. The number of aldehydes is 1. The molecule has 0 aliphatic carbocycles. The minimum atomic E-state index is 0.320.